The van der Waals surface area contributed by atoms with E-state index in [1.54, 1.807) is 0 Å². The van der Waals surface area contributed by atoms with Crippen molar-refractivity contribution >= 4 is 10.0 Å². The van der Waals surface area contributed by atoms with Crippen molar-refractivity contribution in [3.05, 3.63) is 35.6 Å². The summed E-state index contributed by atoms with van der Waals surface area (Å²) in [6.45, 7) is 1.65. The maximum absolute atomic E-state index is 12.7. The summed E-state index contributed by atoms with van der Waals surface area (Å²) in [6.07, 6.45) is 0. The van der Waals surface area contributed by atoms with Crippen LogP contribution in [0, 0.1) is 5.82 Å². The molecule has 1 fully saturated rings. The van der Waals surface area contributed by atoms with Gasteiger partial charge in [0.2, 0.25) is 10.0 Å². The van der Waals surface area contributed by atoms with Crippen molar-refractivity contribution in [1.82, 2.24) is 4.31 Å². The van der Waals surface area contributed by atoms with Crippen molar-refractivity contribution in [2.75, 3.05) is 26.3 Å². The van der Waals surface area contributed by atoms with Gasteiger partial charge in [0.25, 0.3) is 0 Å². The minimum absolute atomic E-state index is 0.0900. The van der Waals surface area contributed by atoms with Gasteiger partial charge in [-0.1, -0.05) is 12.1 Å². The number of nitrogens with zero attached hydrogens (tertiary/aromatic N) is 1. The Hall–Kier alpha value is -0.980. The lowest BCUT2D eigenvalue weighted by molar-refractivity contribution is 0.0729. The van der Waals surface area contributed by atoms with Crippen molar-refractivity contribution in [3.8, 4) is 0 Å². The molecule has 0 amide bonds. The van der Waals surface area contributed by atoms with Gasteiger partial charge in [-0.05, 0) is 17.7 Å². The largest absolute Gasteiger partial charge is 0.379 e. The summed E-state index contributed by atoms with van der Waals surface area (Å²) >= 11 is 0. The molecular weight excluding hydrogens is 245 g/mol. The van der Waals surface area contributed by atoms with Crippen LogP contribution in [-0.2, 0) is 20.5 Å². The highest BCUT2D eigenvalue weighted by Gasteiger charge is 2.24. The van der Waals surface area contributed by atoms with E-state index in [1.165, 1.54) is 28.6 Å². The standard InChI is InChI=1S/C11H14FNO3S/c12-11-3-1-10(2-4-11)9-17(14,15)13-5-7-16-8-6-13/h1-4H,5-9H2. The van der Waals surface area contributed by atoms with Crippen molar-refractivity contribution in [3.63, 3.8) is 0 Å². The van der Waals surface area contributed by atoms with Gasteiger partial charge in [0, 0.05) is 13.1 Å². The Kier molecular flexibility index (Phi) is 3.76. The molecule has 1 aromatic carbocycles. The molecule has 1 aliphatic heterocycles. The van der Waals surface area contributed by atoms with Gasteiger partial charge in [-0.25, -0.2) is 12.8 Å². The van der Waals surface area contributed by atoms with Crippen LogP contribution in [0.15, 0.2) is 24.3 Å². The van der Waals surface area contributed by atoms with Crippen molar-refractivity contribution < 1.29 is 17.5 Å². The Labute approximate surface area is 100 Å². The average Bonchev–Trinajstić information content (AvgIpc) is 2.33. The first-order chi connectivity index (χ1) is 8.08. The molecule has 0 N–H and O–H groups in total. The Morgan fingerprint density at radius 1 is 1.18 bits per heavy atom. The number of rotatable bonds is 3. The van der Waals surface area contributed by atoms with E-state index in [4.69, 9.17) is 4.74 Å². The lowest BCUT2D eigenvalue weighted by Gasteiger charge is -2.26. The van der Waals surface area contributed by atoms with Crippen LogP contribution in [-0.4, -0.2) is 39.0 Å². The second kappa shape index (κ2) is 5.12. The Balaban J connectivity index is 2.08. The van der Waals surface area contributed by atoms with E-state index in [0.29, 0.717) is 31.9 Å². The van der Waals surface area contributed by atoms with Crippen molar-refractivity contribution in [1.29, 1.82) is 0 Å². The lowest BCUT2D eigenvalue weighted by Crippen LogP contribution is -2.41. The quantitative estimate of drug-likeness (QED) is 0.813. The summed E-state index contributed by atoms with van der Waals surface area (Å²) in [6, 6.07) is 5.52. The predicted octanol–water partition coefficient (Wildman–Crippen LogP) is 0.988. The number of hydrogen-bond donors (Lipinski definition) is 0. The van der Waals surface area contributed by atoms with Crippen LogP contribution < -0.4 is 0 Å². The maximum Gasteiger partial charge on any atom is 0.218 e. The molecule has 0 saturated carbocycles. The number of sulfonamides is 1. The highest BCUT2D eigenvalue weighted by Crippen LogP contribution is 2.13. The van der Waals surface area contributed by atoms with Gasteiger partial charge in [0.05, 0.1) is 19.0 Å². The summed E-state index contributed by atoms with van der Waals surface area (Å²) in [5.74, 6) is -0.453. The molecule has 0 aliphatic carbocycles. The zero-order valence-electron chi connectivity index (χ0n) is 9.30. The van der Waals surface area contributed by atoms with Crippen LogP contribution in [0.25, 0.3) is 0 Å². The summed E-state index contributed by atoms with van der Waals surface area (Å²) in [5, 5.41) is 0. The fraction of sp³-hybridized carbons (Fsp3) is 0.455. The van der Waals surface area contributed by atoms with E-state index in [-0.39, 0.29) is 11.6 Å². The zero-order chi connectivity index (χ0) is 12.3. The number of morpholine rings is 1. The van der Waals surface area contributed by atoms with Gasteiger partial charge in [0.1, 0.15) is 5.82 Å². The van der Waals surface area contributed by atoms with Crippen LogP contribution in [0.2, 0.25) is 0 Å². The van der Waals surface area contributed by atoms with Crippen molar-refractivity contribution in [2.45, 2.75) is 5.75 Å². The highest BCUT2D eigenvalue weighted by atomic mass is 32.2. The molecule has 6 heteroatoms. The summed E-state index contributed by atoms with van der Waals surface area (Å²) in [7, 11) is -3.32. The maximum atomic E-state index is 12.7. The van der Waals surface area contributed by atoms with Crippen LogP contribution in [0.4, 0.5) is 4.39 Å². The van der Waals surface area contributed by atoms with Crippen LogP contribution >= 0.6 is 0 Å². The molecule has 0 atom stereocenters. The molecule has 0 radical (unpaired) electrons. The van der Waals surface area contributed by atoms with Gasteiger partial charge in [-0.3, -0.25) is 0 Å². The smallest absolute Gasteiger partial charge is 0.218 e. The van der Waals surface area contributed by atoms with E-state index in [0.717, 1.165) is 0 Å². The lowest BCUT2D eigenvalue weighted by atomic mass is 10.2. The molecular formula is C11H14FNO3S. The molecule has 4 nitrogen and oxygen atoms in total. The van der Waals surface area contributed by atoms with Crippen molar-refractivity contribution in [2.24, 2.45) is 0 Å². The summed E-state index contributed by atoms with van der Waals surface area (Å²) in [5.41, 5.74) is 0.595. The van der Waals surface area contributed by atoms with Gasteiger partial charge in [-0.15, -0.1) is 0 Å². The third-order valence-corrected chi connectivity index (χ3v) is 4.48. The normalized spacial score (nSPS) is 18.2. The molecule has 1 aliphatic rings. The summed E-state index contributed by atoms with van der Waals surface area (Å²) < 4.78 is 43.3. The summed E-state index contributed by atoms with van der Waals surface area (Å²) in [4.78, 5) is 0. The van der Waals surface area contributed by atoms with E-state index in [9.17, 15) is 12.8 Å². The fourth-order valence-corrected chi connectivity index (χ4v) is 3.21. The Morgan fingerprint density at radius 3 is 2.35 bits per heavy atom. The molecule has 17 heavy (non-hydrogen) atoms. The number of benzene rings is 1. The molecule has 0 bridgehead atoms. The minimum Gasteiger partial charge on any atom is -0.379 e. The van der Waals surface area contributed by atoms with Gasteiger partial charge in [0.15, 0.2) is 0 Å². The second-order valence-corrected chi connectivity index (χ2v) is 5.86. The predicted molar refractivity (Wildman–Crippen MR) is 61.4 cm³/mol. The van der Waals surface area contributed by atoms with E-state index < -0.39 is 10.0 Å². The Morgan fingerprint density at radius 2 is 1.76 bits per heavy atom. The average molecular weight is 259 g/mol. The monoisotopic (exact) mass is 259 g/mol. The van der Waals surface area contributed by atoms with Gasteiger partial charge >= 0.3 is 0 Å². The van der Waals surface area contributed by atoms with Crippen LogP contribution in [0.3, 0.4) is 0 Å². The molecule has 0 aromatic heterocycles. The number of halogens is 1. The first-order valence-corrected chi connectivity index (χ1v) is 6.99. The van der Waals surface area contributed by atoms with E-state index in [1.807, 2.05) is 0 Å². The van der Waals surface area contributed by atoms with Gasteiger partial charge in [-0.2, -0.15) is 4.31 Å². The van der Waals surface area contributed by atoms with E-state index in [2.05, 4.69) is 0 Å². The number of hydrogen-bond acceptors (Lipinski definition) is 3. The third kappa shape index (κ3) is 3.24. The number of ether oxygens (including phenoxy) is 1. The molecule has 2 rings (SSSR count). The SMILES string of the molecule is O=S(=O)(Cc1ccc(F)cc1)N1CCOCC1. The van der Waals surface area contributed by atoms with E-state index >= 15 is 0 Å². The van der Waals surface area contributed by atoms with Gasteiger partial charge < -0.3 is 4.74 Å². The van der Waals surface area contributed by atoms with Crippen LogP contribution in [0.1, 0.15) is 5.56 Å². The molecule has 1 saturated heterocycles. The molecule has 94 valence electrons. The minimum atomic E-state index is -3.32. The van der Waals surface area contributed by atoms with Crippen LogP contribution in [0.5, 0.6) is 0 Å². The molecule has 0 unspecified atom stereocenters. The third-order valence-electron chi connectivity index (χ3n) is 2.63. The molecule has 1 aromatic rings. The highest BCUT2D eigenvalue weighted by molar-refractivity contribution is 7.88. The first-order valence-electron chi connectivity index (χ1n) is 5.38. The Bertz CT molecular complexity index is 466. The second-order valence-electron chi connectivity index (χ2n) is 3.89. The fourth-order valence-electron chi connectivity index (χ4n) is 1.71. The zero-order valence-corrected chi connectivity index (χ0v) is 10.1. The first kappa shape index (κ1) is 12.5. The molecule has 1 heterocycles. The topological polar surface area (TPSA) is 46.6 Å². The molecule has 0 spiro atoms.